The van der Waals surface area contributed by atoms with Gasteiger partial charge in [0.2, 0.25) is 5.95 Å². The van der Waals surface area contributed by atoms with E-state index in [0.29, 0.717) is 33.6 Å². The number of aromatic amines is 1. The molecule has 0 unspecified atom stereocenters. The summed E-state index contributed by atoms with van der Waals surface area (Å²) in [7, 11) is 0. The quantitative estimate of drug-likeness (QED) is 0.405. The van der Waals surface area contributed by atoms with Gasteiger partial charge in [0.15, 0.2) is 11.3 Å². The Bertz CT molecular complexity index is 1410. The fourth-order valence-electron chi connectivity index (χ4n) is 4.84. The van der Waals surface area contributed by atoms with Crippen molar-refractivity contribution in [1.29, 1.82) is 0 Å². The lowest BCUT2D eigenvalue weighted by Crippen LogP contribution is -2.49. The fraction of sp³-hybridized carbons (Fsp3) is 0.348. The molecule has 0 aliphatic carbocycles. The summed E-state index contributed by atoms with van der Waals surface area (Å²) in [6.45, 7) is 3.11. The minimum atomic E-state index is 0.0780. The number of fused-ring (bicyclic) bond motifs is 3. The Morgan fingerprint density at radius 2 is 1.94 bits per heavy atom. The van der Waals surface area contributed by atoms with Crippen LogP contribution in [0.15, 0.2) is 30.6 Å². The predicted octanol–water partition coefficient (Wildman–Crippen LogP) is 3.26. The number of nitrogens with one attached hydrogen (secondary N) is 1. The smallest absolute Gasteiger partial charge is 0.213 e. The van der Waals surface area contributed by atoms with Gasteiger partial charge in [-0.25, -0.2) is 4.98 Å². The zero-order valence-corrected chi connectivity index (χ0v) is 19.2. The van der Waals surface area contributed by atoms with Crippen molar-refractivity contribution < 1.29 is 4.74 Å². The number of imidazole rings is 1. The molecule has 1 atom stereocenters. The van der Waals surface area contributed by atoms with Crippen LogP contribution in [0.4, 0.5) is 5.95 Å². The van der Waals surface area contributed by atoms with Crippen molar-refractivity contribution in [2.24, 2.45) is 11.1 Å². The van der Waals surface area contributed by atoms with E-state index in [1.807, 2.05) is 10.6 Å². The van der Waals surface area contributed by atoms with Gasteiger partial charge in [0.1, 0.15) is 5.69 Å². The molecule has 1 aromatic carbocycles. The molecule has 2 aliphatic heterocycles. The number of piperidine rings is 1. The maximum Gasteiger partial charge on any atom is 0.213 e. The second-order valence-corrected chi connectivity index (χ2v) is 9.58. The number of hydrogen-bond donors (Lipinski definition) is 2. The van der Waals surface area contributed by atoms with E-state index in [9.17, 15) is 0 Å². The third-order valence-electron chi connectivity index (χ3n) is 6.74. The standard InChI is InChI=1S/C23H21Cl2N7O/c24-15-9-14(10-16(25)11-15)1-2-17-19-20(30-29-17)28-22(32-8-5-27-21(19)32)31-6-3-23(4-7-31)13-33-12-18(23)26/h5,8-11,18H,3-4,6-7,12-13,26H2,(H,29,30)/t18-/m1/s1. The number of rotatable bonds is 1. The van der Waals surface area contributed by atoms with Gasteiger partial charge in [0.25, 0.3) is 0 Å². The largest absolute Gasteiger partial charge is 0.379 e. The van der Waals surface area contributed by atoms with Crippen LogP contribution >= 0.6 is 23.2 Å². The molecule has 0 saturated carbocycles. The van der Waals surface area contributed by atoms with Gasteiger partial charge in [-0.1, -0.05) is 29.1 Å². The molecule has 6 rings (SSSR count). The molecule has 33 heavy (non-hydrogen) atoms. The van der Waals surface area contributed by atoms with Crippen LogP contribution in [0.1, 0.15) is 24.1 Å². The maximum atomic E-state index is 6.35. The molecule has 2 fully saturated rings. The average molecular weight is 482 g/mol. The van der Waals surface area contributed by atoms with Gasteiger partial charge in [-0.2, -0.15) is 10.1 Å². The SMILES string of the molecule is N[C@@H]1COCC12CCN(c1nc3[nH]nc(C#Cc4cc(Cl)cc(Cl)c4)c3c3nccn13)CC2. The molecule has 0 amide bonds. The molecule has 3 aromatic heterocycles. The Labute approximate surface area is 200 Å². The second-order valence-electron chi connectivity index (χ2n) is 8.71. The molecule has 3 N–H and O–H groups in total. The number of nitrogens with zero attached hydrogens (tertiary/aromatic N) is 5. The first-order chi connectivity index (χ1) is 16.0. The lowest BCUT2D eigenvalue weighted by molar-refractivity contribution is 0.131. The highest BCUT2D eigenvalue weighted by atomic mass is 35.5. The number of hydrogen-bond acceptors (Lipinski definition) is 6. The molecule has 4 aromatic rings. The summed E-state index contributed by atoms with van der Waals surface area (Å²) in [4.78, 5) is 11.8. The van der Waals surface area contributed by atoms with E-state index < -0.39 is 0 Å². The van der Waals surface area contributed by atoms with Crippen LogP contribution in [-0.4, -0.2) is 56.9 Å². The highest BCUT2D eigenvalue weighted by Crippen LogP contribution is 2.39. The van der Waals surface area contributed by atoms with E-state index in [2.05, 4.69) is 31.9 Å². The third-order valence-corrected chi connectivity index (χ3v) is 7.18. The van der Waals surface area contributed by atoms with Crippen molar-refractivity contribution in [3.8, 4) is 11.8 Å². The highest BCUT2D eigenvalue weighted by molar-refractivity contribution is 6.34. The van der Waals surface area contributed by atoms with E-state index >= 15 is 0 Å². The molecule has 0 bridgehead atoms. The van der Waals surface area contributed by atoms with Gasteiger partial charge in [0, 0.05) is 52.5 Å². The molecule has 5 heterocycles. The first-order valence-corrected chi connectivity index (χ1v) is 11.6. The molecule has 8 nitrogen and oxygen atoms in total. The van der Waals surface area contributed by atoms with Crippen LogP contribution in [-0.2, 0) is 4.74 Å². The Hall–Kier alpha value is -2.83. The maximum absolute atomic E-state index is 6.35. The van der Waals surface area contributed by atoms with Crippen LogP contribution in [0.5, 0.6) is 0 Å². The van der Waals surface area contributed by atoms with Crippen molar-refractivity contribution in [2.75, 3.05) is 31.2 Å². The zero-order chi connectivity index (χ0) is 22.6. The summed E-state index contributed by atoms with van der Waals surface area (Å²) in [5.74, 6) is 7.04. The summed E-state index contributed by atoms with van der Waals surface area (Å²) in [6.07, 6.45) is 5.65. The molecule has 2 aliphatic rings. The molecular formula is C23H21Cl2N7O. The summed E-state index contributed by atoms with van der Waals surface area (Å²) in [6, 6.07) is 5.31. The van der Waals surface area contributed by atoms with Crippen LogP contribution in [0, 0.1) is 17.3 Å². The number of ether oxygens (including phenoxy) is 1. The Morgan fingerprint density at radius 3 is 2.67 bits per heavy atom. The lowest BCUT2D eigenvalue weighted by Gasteiger charge is -2.41. The van der Waals surface area contributed by atoms with E-state index in [-0.39, 0.29) is 11.5 Å². The van der Waals surface area contributed by atoms with Gasteiger partial charge >= 0.3 is 0 Å². The van der Waals surface area contributed by atoms with Crippen LogP contribution in [0.2, 0.25) is 10.0 Å². The topological polar surface area (TPSA) is 97.4 Å². The van der Waals surface area contributed by atoms with Crippen molar-refractivity contribution in [3.63, 3.8) is 0 Å². The van der Waals surface area contributed by atoms with Gasteiger partial charge in [-0.15, -0.1) is 0 Å². The first-order valence-electron chi connectivity index (χ1n) is 10.8. The molecule has 168 valence electrons. The minimum Gasteiger partial charge on any atom is -0.379 e. The van der Waals surface area contributed by atoms with E-state index in [0.717, 1.165) is 49.5 Å². The second kappa shape index (κ2) is 7.89. The van der Waals surface area contributed by atoms with Gasteiger partial charge < -0.3 is 15.4 Å². The van der Waals surface area contributed by atoms with E-state index in [1.54, 1.807) is 24.4 Å². The van der Waals surface area contributed by atoms with Crippen molar-refractivity contribution in [1.82, 2.24) is 24.6 Å². The number of anilines is 1. The van der Waals surface area contributed by atoms with Gasteiger partial charge in [0.05, 0.1) is 18.6 Å². The van der Waals surface area contributed by atoms with Crippen LogP contribution < -0.4 is 10.6 Å². The van der Waals surface area contributed by atoms with Crippen molar-refractivity contribution in [3.05, 3.63) is 51.9 Å². The van der Waals surface area contributed by atoms with E-state index in [4.69, 9.17) is 38.7 Å². The Morgan fingerprint density at radius 1 is 1.15 bits per heavy atom. The number of H-pyrrole nitrogens is 1. The monoisotopic (exact) mass is 481 g/mol. The van der Waals surface area contributed by atoms with Crippen molar-refractivity contribution >= 4 is 45.8 Å². The summed E-state index contributed by atoms with van der Waals surface area (Å²) in [5, 5.41) is 9.29. The first kappa shape index (κ1) is 20.8. The van der Waals surface area contributed by atoms with Gasteiger partial charge in [-0.3, -0.25) is 9.50 Å². The highest BCUT2D eigenvalue weighted by Gasteiger charge is 2.44. The fourth-order valence-corrected chi connectivity index (χ4v) is 5.37. The van der Waals surface area contributed by atoms with Gasteiger partial charge in [-0.05, 0) is 37.0 Å². The molecule has 2 saturated heterocycles. The number of halogens is 2. The lowest BCUT2D eigenvalue weighted by atomic mass is 9.75. The average Bonchev–Trinajstić information content (AvgIpc) is 3.51. The molecule has 1 spiro atoms. The zero-order valence-electron chi connectivity index (χ0n) is 17.7. The predicted molar refractivity (Wildman–Crippen MR) is 128 cm³/mol. The molecular weight excluding hydrogens is 461 g/mol. The third kappa shape index (κ3) is 3.52. The Balaban J connectivity index is 1.36. The summed E-state index contributed by atoms with van der Waals surface area (Å²) >= 11 is 12.2. The minimum absolute atomic E-state index is 0.0780. The number of benzene rings is 1. The number of aromatic nitrogens is 5. The normalized spacial score (nSPS) is 20.0. The summed E-state index contributed by atoms with van der Waals surface area (Å²) in [5.41, 5.74) is 9.13. The Kier molecular flexibility index (Phi) is 4.96. The number of nitrogens with two attached hydrogens (primary N) is 1. The van der Waals surface area contributed by atoms with Crippen molar-refractivity contribution in [2.45, 2.75) is 18.9 Å². The summed E-state index contributed by atoms with van der Waals surface area (Å²) < 4.78 is 7.66. The van der Waals surface area contributed by atoms with E-state index in [1.165, 1.54) is 0 Å². The molecule has 0 radical (unpaired) electrons. The van der Waals surface area contributed by atoms with Crippen LogP contribution in [0.3, 0.4) is 0 Å². The van der Waals surface area contributed by atoms with Crippen LogP contribution in [0.25, 0.3) is 16.7 Å². The molecule has 10 heteroatoms.